The van der Waals surface area contributed by atoms with Crippen LogP contribution in [-0.2, 0) is 6.54 Å². The Hall–Kier alpha value is -2.44. The van der Waals surface area contributed by atoms with E-state index in [1.807, 2.05) is 10.6 Å². The number of aromatic nitrogens is 5. The van der Waals surface area contributed by atoms with E-state index in [2.05, 4.69) is 24.6 Å². The number of pyridine rings is 1. The summed E-state index contributed by atoms with van der Waals surface area (Å²) in [5.41, 5.74) is 7.46. The molecule has 0 aliphatic carbocycles. The van der Waals surface area contributed by atoms with Crippen LogP contribution in [0.5, 0.6) is 0 Å². The van der Waals surface area contributed by atoms with Crippen molar-refractivity contribution in [3.05, 3.63) is 30.7 Å². The molecule has 16 heavy (non-hydrogen) atoms. The summed E-state index contributed by atoms with van der Waals surface area (Å²) >= 11 is 0. The van der Waals surface area contributed by atoms with Crippen LogP contribution in [0, 0.1) is 0 Å². The van der Waals surface area contributed by atoms with E-state index in [4.69, 9.17) is 5.73 Å². The van der Waals surface area contributed by atoms with E-state index in [1.54, 1.807) is 12.4 Å². The molecule has 3 heterocycles. The molecule has 3 aromatic rings. The van der Waals surface area contributed by atoms with Crippen molar-refractivity contribution in [3.63, 3.8) is 0 Å². The summed E-state index contributed by atoms with van der Waals surface area (Å²) < 4.78 is 6.47. The van der Waals surface area contributed by atoms with E-state index >= 15 is 0 Å². The smallest absolute Gasteiger partial charge is 0.213 e. The van der Waals surface area contributed by atoms with Gasteiger partial charge in [0.2, 0.25) is 12.3 Å². The number of nitrogens with two attached hydrogens (primary N) is 1. The van der Waals surface area contributed by atoms with Gasteiger partial charge in [-0.1, -0.05) is 5.16 Å². The van der Waals surface area contributed by atoms with E-state index in [-0.39, 0.29) is 0 Å². The minimum Gasteiger partial charge on any atom is -0.369 e. The van der Waals surface area contributed by atoms with Crippen LogP contribution in [0.3, 0.4) is 0 Å². The summed E-state index contributed by atoms with van der Waals surface area (Å²) in [5, 5.41) is 3.73. The molecule has 2 N–H and O–H groups in total. The number of nitrogen functional groups attached to an aromatic ring is 1. The van der Waals surface area contributed by atoms with Crippen molar-refractivity contribution in [2.24, 2.45) is 0 Å². The number of imidazole rings is 1. The molecule has 0 aliphatic rings. The SMILES string of the molecule is Nc1nc2cnccc2n1Cc1ncon1. The summed E-state index contributed by atoms with van der Waals surface area (Å²) in [4.78, 5) is 12.1. The Labute approximate surface area is 89.9 Å². The Morgan fingerprint density at radius 1 is 1.44 bits per heavy atom. The van der Waals surface area contributed by atoms with Crippen LogP contribution < -0.4 is 5.73 Å². The van der Waals surface area contributed by atoms with Crippen LogP contribution in [0.4, 0.5) is 5.95 Å². The highest BCUT2D eigenvalue weighted by Gasteiger charge is 2.09. The van der Waals surface area contributed by atoms with Crippen LogP contribution in [0.2, 0.25) is 0 Å². The van der Waals surface area contributed by atoms with E-state index in [0.29, 0.717) is 18.3 Å². The summed E-state index contributed by atoms with van der Waals surface area (Å²) in [6, 6.07) is 1.85. The molecule has 0 amide bonds. The average Bonchev–Trinajstić information content (AvgIpc) is 2.89. The van der Waals surface area contributed by atoms with Gasteiger partial charge in [0, 0.05) is 6.20 Å². The van der Waals surface area contributed by atoms with Gasteiger partial charge >= 0.3 is 0 Å². The fourth-order valence-electron chi connectivity index (χ4n) is 1.57. The van der Waals surface area contributed by atoms with Crippen molar-refractivity contribution in [3.8, 4) is 0 Å². The van der Waals surface area contributed by atoms with Crippen molar-refractivity contribution >= 4 is 17.0 Å². The molecule has 0 radical (unpaired) electrons. The highest BCUT2D eigenvalue weighted by Crippen LogP contribution is 2.16. The van der Waals surface area contributed by atoms with Gasteiger partial charge in [-0.15, -0.1) is 0 Å². The summed E-state index contributed by atoms with van der Waals surface area (Å²) in [7, 11) is 0. The Morgan fingerprint density at radius 2 is 2.38 bits per heavy atom. The number of hydrogen-bond donors (Lipinski definition) is 1. The molecule has 7 heteroatoms. The van der Waals surface area contributed by atoms with Crippen LogP contribution >= 0.6 is 0 Å². The van der Waals surface area contributed by atoms with Crippen molar-refractivity contribution in [2.75, 3.05) is 5.73 Å². The molecule has 0 fully saturated rings. The number of nitrogens with zero attached hydrogens (tertiary/aromatic N) is 5. The highest BCUT2D eigenvalue weighted by atomic mass is 16.5. The first-order chi connectivity index (χ1) is 7.84. The Balaban J connectivity index is 2.12. The van der Waals surface area contributed by atoms with Gasteiger partial charge in [-0.05, 0) is 6.07 Å². The molecular formula is C9H8N6O. The molecule has 0 aliphatic heterocycles. The van der Waals surface area contributed by atoms with Crippen molar-refractivity contribution in [1.82, 2.24) is 24.7 Å². The van der Waals surface area contributed by atoms with Gasteiger partial charge < -0.3 is 14.8 Å². The molecule has 80 valence electrons. The third-order valence-corrected chi connectivity index (χ3v) is 2.29. The predicted octanol–water partition coefficient (Wildman–Crippen LogP) is 0.445. The van der Waals surface area contributed by atoms with Crippen LogP contribution in [0.1, 0.15) is 5.82 Å². The van der Waals surface area contributed by atoms with Crippen molar-refractivity contribution < 1.29 is 4.52 Å². The van der Waals surface area contributed by atoms with E-state index in [9.17, 15) is 0 Å². The van der Waals surface area contributed by atoms with E-state index < -0.39 is 0 Å². The maximum Gasteiger partial charge on any atom is 0.213 e. The van der Waals surface area contributed by atoms with E-state index in [1.165, 1.54) is 6.39 Å². The normalized spacial score (nSPS) is 11.0. The van der Waals surface area contributed by atoms with Gasteiger partial charge in [0.15, 0.2) is 5.82 Å². The largest absolute Gasteiger partial charge is 0.369 e. The first-order valence-electron chi connectivity index (χ1n) is 4.65. The second-order valence-electron chi connectivity index (χ2n) is 3.27. The molecule has 7 nitrogen and oxygen atoms in total. The van der Waals surface area contributed by atoms with Gasteiger partial charge in [0.25, 0.3) is 0 Å². The average molecular weight is 216 g/mol. The zero-order valence-corrected chi connectivity index (χ0v) is 8.24. The van der Waals surface area contributed by atoms with Gasteiger partial charge in [-0.25, -0.2) is 4.98 Å². The van der Waals surface area contributed by atoms with Crippen molar-refractivity contribution in [1.29, 1.82) is 0 Å². The zero-order chi connectivity index (χ0) is 11.0. The second kappa shape index (κ2) is 3.30. The number of hydrogen-bond acceptors (Lipinski definition) is 6. The first kappa shape index (κ1) is 8.84. The second-order valence-corrected chi connectivity index (χ2v) is 3.27. The van der Waals surface area contributed by atoms with Crippen LogP contribution in [0.15, 0.2) is 29.4 Å². The minimum absolute atomic E-state index is 0.410. The monoisotopic (exact) mass is 216 g/mol. The fraction of sp³-hybridized carbons (Fsp3) is 0.111. The van der Waals surface area contributed by atoms with Crippen LogP contribution in [0.25, 0.3) is 11.0 Å². The van der Waals surface area contributed by atoms with Gasteiger partial charge in [-0.2, -0.15) is 4.98 Å². The zero-order valence-electron chi connectivity index (χ0n) is 8.24. The quantitative estimate of drug-likeness (QED) is 0.667. The molecule has 0 saturated heterocycles. The molecule has 0 atom stereocenters. The number of anilines is 1. The van der Waals surface area contributed by atoms with Gasteiger partial charge in [-0.3, -0.25) is 4.98 Å². The lowest BCUT2D eigenvalue weighted by Crippen LogP contribution is -2.05. The fourth-order valence-corrected chi connectivity index (χ4v) is 1.57. The number of rotatable bonds is 2. The molecule has 0 saturated carbocycles. The lowest BCUT2D eigenvalue weighted by atomic mass is 10.4. The maximum atomic E-state index is 5.81. The molecule has 0 unspecified atom stereocenters. The third-order valence-electron chi connectivity index (χ3n) is 2.29. The van der Waals surface area contributed by atoms with Crippen LogP contribution in [-0.4, -0.2) is 24.7 Å². The van der Waals surface area contributed by atoms with E-state index in [0.717, 1.165) is 11.0 Å². The lowest BCUT2D eigenvalue weighted by Gasteiger charge is -2.01. The standard InChI is InChI=1S/C9H8N6O/c10-9-13-6-3-11-2-1-7(6)15(9)4-8-12-5-16-14-8/h1-3,5H,4H2,(H2,10,13). The van der Waals surface area contributed by atoms with Gasteiger partial charge in [0.05, 0.1) is 18.3 Å². The molecule has 3 aromatic heterocycles. The molecule has 0 spiro atoms. The van der Waals surface area contributed by atoms with Crippen molar-refractivity contribution in [2.45, 2.75) is 6.54 Å². The van der Waals surface area contributed by atoms with Gasteiger partial charge in [0.1, 0.15) is 5.52 Å². The molecule has 0 bridgehead atoms. The lowest BCUT2D eigenvalue weighted by molar-refractivity contribution is 0.408. The Bertz CT molecular complexity index is 614. The number of fused-ring (bicyclic) bond motifs is 1. The molecular weight excluding hydrogens is 208 g/mol. The first-order valence-corrected chi connectivity index (χ1v) is 4.65. The summed E-state index contributed by atoms with van der Waals surface area (Å²) in [6.07, 6.45) is 4.64. The minimum atomic E-state index is 0.410. The highest BCUT2D eigenvalue weighted by molar-refractivity contribution is 5.77. The third kappa shape index (κ3) is 1.29. The summed E-state index contributed by atoms with van der Waals surface area (Å²) in [5.74, 6) is 0.968. The Kier molecular flexibility index (Phi) is 1.82. The topological polar surface area (TPSA) is 95.7 Å². The molecule has 3 rings (SSSR count). The predicted molar refractivity (Wildman–Crippen MR) is 55.3 cm³/mol. The molecule has 0 aromatic carbocycles. The maximum absolute atomic E-state index is 5.81. The Morgan fingerprint density at radius 3 is 3.19 bits per heavy atom. The summed E-state index contributed by atoms with van der Waals surface area (Å²) in [6.45, 7) is 0.433.